The van der Waals surface area contributed by atoms with E-state index in [-0.39, 0.29) is 30.8 Å². The van der Waals surface area contributed by atoms with Gasteiger partial charge in [-0.1, -0.05) is 12.8 Å². The van der Waals surface area contributed by atoms with Crippen molar-refractivity contribution in [1.29, 1.82) is 0 Å². The molecule has 0 radical (unpaired) electrons. The van der Waals surface area contributed by atoms with E-state index in [0.717, 1.165) is 24.2 Å². The Labute approximate surface area is 97.3 Å². The second kappa shape index (κ2) is 3.37. The first kappa shape index (κ1) is 11.3. The summed E-state index contributed by atoms with van der Waals surface area (Å²) in [6.45, 7) is 0. The third-order valence-electron chi connectivity index (χ3n) is 4.33. The fourth-order valence-electron chi connectivity index (χ4n) is 3.61. The van der Waals surface area contributed by atoms with Crippen LogP contribution in [-0.4, -0.2) is 34.7 Å². The molecule has 1 amide bonds. The summed E-state index contributed by atoms with van der Waals surface area (Å²) >= 11 is 0. The van der Waals surface area contributed by atoms with Gasteiger partial charge in [0, 0.05) is 24.9 Å². The number of halogens is 3. The van der Waals surface area contributed by atoms with E-state index >= 15 is 0 Å². The molecule has 0 spiro atoms. The molecular weight excluding hydrogens is 233 g/mol. The van der Waals surface area contributed by atoms with Crippen molar-refractivity contribution >= 4 is 5.91 Å². The largest absolute Gasteiger partial charge is 0.425 e. The minimum Gasteiger partial charge on any atom is -0.312 e. The zero-order valence-electron chi connectivity index (χ0n) is 9.39. The summed E-state index contributed by atoms with van der Waals surface area (Å²) < 4.78 is 39.8. The van der Waals surface area contributed by atoms with Crippen LogP contribution in [0.3, 0.4) is 0 Å². The molecule has 0 bridgehead atoms. The van der Waals surface area contributed by atoms with Gasteiger partial charge in [-0.3, -0.25) is 10.1 Å². The molecule has 0 aromatic rings. The number of fused-ring (bicyclic) bond motifs is 3. The van der Waals surface area contributed by atoms with Gasteiger partial charge < -0.3 is 4.90 Å². The van der Waals surface area contributed by atoms with Gasteiger partial charge in [-0.2, -0.15) is 13.2 Å². The van der Waals surface area contributed by atoms with E-state index in [0.29, 0.717) is 6.42 Å². The van der Waals surface area contributed by atoms with E-state index in [1.54, 1.807) is 0 Å². The average molecular weight is 248 g/mol. The Balaban J connectivity index is 2.00. The lowest BCUT2D eigenvalue weighted by molar-refractivity contribution is -0.225. The van der Waals surface area contributed by atoms with Gasteiger partial charge in [0.15, 0.2) is 5.66 Å². The Bertz CT molecular complexity index is 357. The lowest BCUT2D eigenvalue weighted by Crippen LogP contribution is -2.60. The molecule has 17 heavy (non-hydrogen) atoms. The summed E-state index contributed by atoms with van der Waals surface area (Å²) in [5, 5.41) is 2.72. The SMILES string of the molecule is O=C1CCC2(C(F)(F)F)NC3CCCCC3N12. The van der Waals surface area contributed by atoms with Crippen LogP contribution in [0.1, 0.15) is 38.5 Å². The molecule has 3 fully saturated rings. The zero-order chi connectivity index (χ0) is 12.3. The smallest absolute Gasteiger partial charge is 0.312 e. The Morgan fingerprint density at radius 1 is 1.29 bits per heavy atom. The van der Waals surface area contributed by atoms with Crippen LogP contribution in [0.25, 0.3) is 0 Å². The number of alkyl halides is 3. The zero-order valence-corrected chi connectivity index (χ0v) is 9.39. The first-order valence-electron chi connectivity index (χ1n) is 6.12. The van der Waals surface area contributed by atoms with Crippen LogP contribution in [0.2, 0.25) is 0 Å². The number of nitrogens with zero attached hydrogens (tertiary/aromatic N) is 1. The maximum absolute atomic E-state index is 13.3. The van der Waals surface area contributed by atoms with E-state index in [2.05, 4.69) is 5.32 Å². The van der Waals surface area contributed by atoms with Gasteiger partial charge in [-0.15, -0.1) is 0 Å². The first-order valence-corrected chi connectivity index (χ1v) is 6.12. The molecule has 1 saturated carbocycles. The predicted molar refractivity (Wildman–Crippen MR) is 54.0 cm³/mol. The standard InChI is InChI=1S/C11H15F3N2O/c12-11(13,14)10-6-5-9(17)16(10)8-4-2-1-3-7(8)15-10/h7-8,15H,1-6H2. The topological polar surface area (TPSA) is 32.3 Å². The van der Waals surface area contributed by atoms with E-state index in [9.17, 15) is 18.0 Å². The third-order valence-corrected chi connectivity index (χ3v) is 4.33. The van der Waals surface area contributed by atoms with Crippen molar-refractivity contribution in [3.63, 3.8) is 0 Å². The van der Waals surface area contributed by atoms with Gasteiger partial charge >= 0.3 is 6.18 Å². The fourth-order valence-corrected chi connectivity index (χ4v) is 3.61. The van der Waals surface area contributed by atoms with Crippen LogP contribution < -0.4 is 5.32 Å². The third kappa shape index (κ3) is 1.36. The van der Waals surface area contributed by atoms with Crippen molar-refractivity contribution < 1.29 is 18.0 Å². The summed E-state index contributed by atoms with van der Waals surface area (Å²) in [6.07, 6.45) is -1.20. The number of rotatable bonds is 0. The summed E-state index contributed by atoms with van der Waals surface area (Å²) in [5.74, 6) is -0.343. The number of hydrogen-bond acceptors (Lipinski definition) is 2. The van der Waals surface area contributed by atoms with Gasteiger partial charge in [-0.05, 0) is 12.8 Å². The van der Waals surface area contributed by atoms with Gasteiger partial charge in [0.1, 0.15) is 0 Å². The van der Waals surface area contributed by atoms with E-state index in [1.165, 1.54) is 0 Å². The lowest BCUT2D eigenvalue weighted by atomic mass is 9.91. The molecule has 2 aliphatic heterocycles. The second-order valence-corrected chi connectivity index (χ2v) is 5.22. The Morgan fingerprint density at radius 3 is 2.71 bits per heavy atom. The minimum atomic E-state index is -4.38. The van der Waals surface area contributed by atoms with E-state index in [1.807, 2.05) is 0 Å². The molecular formula is C11H15F3N2O. The van der Waals surface area contributed by atoms with Crippen molar-refractivity contribution in [3.05, 3.63) is 0 Å². The van der Waals surface area contributed by atoms with Crippen molar-refractivity contribution in [3.8, 4) is 0 Å². The molecule has 3 nitrogen and oxygen atoms in total. The maximum atomic E-state index is 13.3. The Hall–Kier alpha value is -0.780. The number of amides is 1. The highest BCUT2D eigenvalue weighted by Gasteiger charge is 2.69. The highest BCUT2D eigenvalue weighted by Crippen LogP contribution is 2.49. The van der Waals surface area contributed by atoms with Gasteiger partial charge in [0.25, 0.3) is 0 Å². The summed E-state index contributed by atoms with van der Waals surface area (Å²) in [6, 6.07) is -0.421. The highest BCUT2D eigenvalue weighted by molar-refractivity contribution is 5.81. The minimum absolute atomic E-state index is 0.00965. The molecule has 6 heteroatoms. The monoisotopic (exact) mass is 248 g/mol. The summed E-state index contributed by atoms with van der Waals surface area (Å²) in [7, 11) is 0. The summed E-state index contributed by atoms with van der Waals surface area (Å²) in [4.78, 5) is 12.9. The average Bonchev–Trinajstić information content (AvgIpc) is 2.75. The van der Waals surface area contributed by atoms with Crippen molar-refractivity contribution in [2.24, 2.45) is 0 Å². The molecule has 2 saturated heterocycles. The first-order chi connectivity index (χ1) is 7.96. The van der Waals surface area contributed by atoms with Gasteiger partial charge in [0.2, 0.25) is 5.91 Å². The van der Waals surface area contributed by atoms with Crippen LogP contribution in [0.15, 0.2) is 0 Å². The van der Waals surface area contributed by atoms with Gasteiger partial charge in [0.05, 0.1) is 0 Å². The normalized spacial score (nSPS) is 41.6. The van der Waals surface area contributed by atoms with E-state index in [4.69, 9.17) is 0 Å². The summed E-state index contributed by atoms with van der Waals surface area (Å²) in [5.41, 5.74) is -2.07. The molecule has 3 aliphatic rings. The fraction of sp³-hybridized carbons (Fsp3) is 0.909. The van der Waals surface area contributed by atoms with Crippen LogP contribution in [0, 0.1) is 0 Å². The Morgan fingerprint density at radius 2 is 2.00 bits per heavy atom. The molecule has 0 aromatic carbocycles. The van der Waals surface area contributed by atoms with Gasteiger partial charge in [-0.25, -0.2) is 0 Å². The molecule has 3 rings (SSSR count). The lowest BCUT2D eigenvalue weighted by Gasteiger charge is -2.36. The molecule has 0 aromatic heterocycles. The number of carbonyl (C=O) groups excluding carboxylic acids is 1. The van der Waals surface area contributed by atoms with E-state index < -0.39 is 11.8 Å². The highest BCUT2D eigenvalue weighted by atomic mass is 19.4. The van der Waals surface area contributed by atoms with Crippen LogP contribution >= 0.6 is 0 Å². The van der Waals surface area contributed by atoms with Crippen LogP contribution in [0.4, 0.5) is 13.2 Å². The van der Waals surface area contributed by atoms with Crippen molar-refractivity contribution in [2.45, 2.75) is 62.4 Å². The van der Waals surface area contributed by atoms with Crippen molar-refractivity contribution in [1.82, 2.24) is 10.2 Å². The predicted octanol–water partition coefficient (Wildman–Crippen LogP) is 1.78. The molecule has 3 atom stereocenters. The molecule has 1 N–H and O–H groups in total. The quantitative estimate of drug-likeness (QED) is 0.708. The van der Waals surface area contributed by atoms with Crippen LogP contribution in [0.5, 0.6) is 0 Å². The number of carbonyl (C=O) groups is 1. The molecule has 2 heterocycles. The number of hydrogen-bond donors (Lipinski definition) is 1. The van der Waals surface area contributed by atoms with Crippen LogP contribution in [-0.2, 0) is 4.79 Å². The Kier molecular flexibility index (Phi) is 2.24. The maximum Gasteiger partial charge on any atom is 0.425 e. The molecule has 96 valence electrons. The molecule has 1 aliphatic carbocycles. The van der Waals surface area contributed by atoms with Crippen molar-refractivity contribution in [2.75, 3.05) is 0 Å². The second-order valence-electron chi connectivity index (χ2n) is 5.22. The molecule has 3 unspecified atom stereocenters. The number of nitrogens with one attached hydrogen (secondary N) is 1.